The van der Waals surface area contributed by atoms with E-state index >= 15 is 0 Å². The lowest BCUT2D eigenvalue weighted by molar-refractivity contribution is 0.0679. The Hall–Kier alpha value is -6.46. The van der Waals surface area contributed by atoms with Gasteiger partial charge in [0, 0.05) is 12.4 Å². The number of rotatable bonds is 5. The molecule has 0 aliphatic heterocycles. The molecule has 5 N–H and O–H groups in total. The number of halogens is 6. The molecule has 0 spiro atoms. The number of pyridine rings is 3. The second-order valence-corrected chi connectivity index (χ2v) is 9.58. The first-order valence-corrected chi connectivity index (χ1v) is 13.9. The molecule has 0 aliphatic rings. The standard InChI is InChI=1S/C7H4F2O2.C7H5FO2.2C6H4ClNO2.C6H4FNO2/c8-5-2-1-4(7(10)11)3-6(5)9;8-6-3-1-5(2-4-6)7(9)10;7-4-1-2-5(6(9)10)8-3-4;7-5-2-1-4(3-8-5)6(9)10;7-4-1-2-5(6(9)10)8-3-4/h1-3H,(H,10,11);1-4H,(H,9,10);3*1-3H,(H,9,10). The third-order valence-electron chi connectivity index (χ3n) is 5.13. The van der Waals surface area contributed by atoms with Gasteiger partial charge < -0.3 is 25.5 Å². The maximum atomic E-state index is 12.3. The van der Waals surface area contributed by atoms with Crippen molar-refractivity contribution in [2.45, 2.75) is 0 Å². The molecule has 0 saturated carbocycles. The zero-order valence-electron chi connectivity index (χ0n) is 25.1. The largest absolute Gasteiger partial charge is 0.478 e. The van der Waals surface area contributed by atoms with Crippen molar-refractivity contribution >= 4 is 53.0 Å². The van der Waals surface area contributed by atoms with Crippen molar-refractivity contribution in [3.05, 3.63) is 159 Å². The van der Waals surface area contributed by atoms with Gasteiger partial charge in [-0.1, -0.05) is 23.2 Å². The molecular weight excluding hydrogens is 733 g/mol. The van der Waals surface area contributed by atoms with Crippen LogP contribution in [-0.2, 0) is 0 Å². The van der Waals surface area contributed by atoms with Gasteiger partial charge >= 0.3 is 29.8 Å². The van der Waals surface area contributed by atoms with Gasteiger partial charge in [-0.3, -0.25) is 0 Å². The Labute approximate surface area is 293 Å². The Balaban J connectivity index is 0.000000319. The van der Waals surface area contributed by atoms with Crippen LogP contribution in [0.4, 0.5) is 17.6 Å². The number of carboxylic acids is 5. The fourth-order valence-corrected chi connectivity index (χ4v) is 2.95. The fourth-order valence-electron chi connectivity index (χ4n) is 2.73. The van der Waals surface area contributed by atoms with E-state index in [1.165, 1.54) is 48.8 Å². The summed E-state index contributed by atoms with van der Waals surface area (Å²) in [5.41, 5.74) is -0.166. The molecule has 0 saturated heterocycles. The highest BCUT2D eigenvalue weighted by molar-refractivity contribution is 6.30. The number of carbonyl (C=O) groups is 5. The third-order valence-corrected chi connectivity index (χ3v) is 5.57. The molecule has 19 heteroatoms. The quantitative estimate of drug-likeness (QED) is 0.0904. The minimum Gasteiger partial charge on any atom is -0.478 e. The molecule has 5 rings (SSSR count). The average Bonchev–Trinajstić information content (AvgIpc) is 3.08. The van der Waals surface area contributed by atoms with Gasteiger partial charge in [-0.2, -0.15) is 0 Å². The Morgan fingerprint density at radius 1 is 0.451 bits per heavy atom. The van der Waals surface area contributed by atoms with E-state index in [4.69, 9.17) is 48.7 Å². The van der Waals surface area contributed by atoms with Gasteiger partial charge in [-0.25, -0.2) is 56.5 Å². The lowest BCUT2D eigenvalue weighted by Gasteiger charge is -1.94. The normalized spacial score (nSPS) is 9.37. The predicted molar refractivity (Wildman–Crippen MR) is 170 cm³/mol. The summed E-state index contributed by atoms with van der Waals surface area (Å²) < 4.78 is 48.7. The molecule has 0 unspecified atom stereocenters. The van der Waals surface area contributed by atoms with Crippen LogP contribution in [0.2, 0.25) is 10.2 Å². The van der Waals surface area contributed by atoms with Gasteiger partial charge in [0.1, 0.15) is 28.2 Å². The zero-order chi connectivity index (χ0) is 38.7. The van der Waals surface area contributed by atoms with Crippen LogP contribution in [0.5, 0.6) is 0 Å². The van der Waals surface area contributed by atoms with Crippen molar-refractivity contribution in [2.24, 2.45) is 0 Å². The van der Waals surface area contributed by atoms with E-state index in [0.29, 0.717) is 16.2 Å². The average molecular weight is 754 g/mol. The van der Waals surface area contributed by atoms with Crippen LogP contribution in [0.3, 0.4) is 0 Å². The molecule has 0 radical (unpaired) electrons. The first-order chi connectivity index (χ1) is 23.9. The summed E-state index contributed by atoms with van der Waals surface area (Å²) in [5, 5.41) is 42.4. The van der Waals surface area contributed by atoms with Crippen LogP contribution >= 0.6 is 23.2 Å². The van der Waals surface area contributed by atoms with Gasteiger partial charge in [-0.05, 0) is 78.9 Å². The maximum Gasteiger partial charge on any atom is 0.354 e. The summed E-state index contributed by atoms with van der Waals surface area (Å²) in [5.74, 6) is -8.67. The number of aromatic carboxylic acids is 5. The molecule has 5 aromatic rings. The van der Waals surface area contributed by atoms with Crippen molar-refractivity contribution in [1.29, 1.82) is 0 Å². The number of hydrogen-bond donors (Lipinski definition) is 5. The van der Waals surface area contributed by atoms with Crippen LogP contribution < -0.4 is 0 Å². The van der Waals surface area contributed by atoms with E-state index in [9.17, 15) is 41.5 Å². The third kappa shape index (κ3) is 17.0. The summed E-state index contributed by atoms with van der Waals surface area (Å²) in [6.07, 6.45) is 3.37. The zero-order valence-corrected chi connectivity index (χ0v) is 26.6. The number of aromatic nitrogens is 3. The number of benzene rings is 2. The van der Waals surface area contributed by atoms with Gasteiger partial charge in [0.25, 0.3) is 0 Å². The number of nitrogens with zero attached hydrogens (tertiary/aromatic N) is 3. The molecule has 3 aromatic heterocycles. The van der Waals surface area contributed by atoms with Crippen molar-refractivity contribution in [3.8, 4) is 0 Å². The minimum atomic E-state index is -1.27. The van der Waals surface area contributed by atoms with E-state index < -0.39 is 53.1 Å². The van der Waals surface area contributed by atoms with E-state index in [1.54, 1.807) is 0 Å². The molecular formula is C32H21Cl2F4N3O10. The predicted octanol–water partition coefficient (Wildman–Crippen LogP) is 6.97. The molecule has 0 fully saturated rings. The van der Waals surface area contributed by atoms with E-state index in [1.807, 2.05) is 0 Å². The van der Waals surface area contributed by atoms with Crippen LogP contribution in [-0.4, -0.2) is 70.3 Å². The highest BCUT2D eigenvalue weighted by atomic mass is 35.5. The van der Waals surface area contributed by atoms with Gasteiger partial charge in [0.2, 0.25) is 0 Å². The SMILES string of the molecule is O=C(O)c1ccc(Cl)cn1.O=C(O)c1ccc(Cl)nc1.O=C(O)c1ccc(F)c(F)c1.O=C(O)c1ccc(F)cc1.O=C(O)c1ccc(F)cn1. The molecule has 0 amide bonds. The first kappa shape index (κ1) is 42.6. The monoisotopic (exact) mass is 753 g/mol. The topological polar surface area (TPSA) is 225 Å². The number of hydrogen-bond acceptors (Lipinski definition) is 8. The second-order valence-electron chi connectivity index (χ2n) is 8.75. The Bertz CT molecular complexity index is 1710. The minimum absolute atomic E-state index is 0.00407. The summed E-state index contributed by atoms with van der Waals surface area (Å²) in [6.45, 7) is 0. The van der Waals surface area contributed by atoms with E-state index in [-0.39, 0.29) is 28.1 Å². The van der Waals surface area contributed by atoms with Gasteiger partial charge in [-0.15, -0.1) is 0 Å². The summed E-state index contributed by atoms with van der Waals surface area (Å²) in [4.78, 5) is 61.4. The van der Waals surface area contributed by atoms with E-state index in [0.717, 1.165) is 42.6 Å². The van der Waals surface area contributed by atoms with Crippen LogP contribution in [0.1, 0.15) is 52.1 Å². The van der Waals surface area contributed by atoms with Crippen molar-refractivity contribution < 1.29 is 67.1 Å². The highest BCUT2D eigenvalue weighted by Gasteiger charge is 2.07. The summed E-state index contributed by atoms with van der Waals surface area (Å²) in [6, 6.07) is 14.9. The molecule has 0 bridgehead atoms. The molecule has 0 atom stereocenters. The smallest absolute Gasteiger partial charge is 0.354 e. The van der Waals surface area contributed by atoms with Crippen molar-refractivity contribution in [2.75, 3.05) is 0 Å². The molecule has 0 aliphatic carbocycles. The fraction of sp³-hybridized carbons (Fsp3) is 0. The van der Waals surface area contributed by atoms with Gasteiger partial charge in [0.15, 0.2) is 11.6 Å². The Morgan fingerprint density at radius 3 is 1.31 bits per heavy atom. The highest BCUT2D eigenvalue weighted by Crippen LogP contribution is 2.08. The molecule has 3 heterocycles. The molecule has 51 heavy (non-hydrogen) atoms. The molecule has 266 valence electrons. The Kier molecular flexibility index (Phi) is 17.9. The second kappa shape index (κ2) is 21.5. The van der Waals surface area contributed by atoms with Crippen molar-refractivity contribution in [1.82, 2.24) is 15.0 Å². The molecule has 2 aromatic carbocycles. The van der Waals surface area contributed by atoms with Crippen LogP contribution in [0, 0.1) is 23.3 Å². The first-order valence-electron chi connectivity index (χ1n) is 13.1. The summed E-state index contributed by atoms with van der Waals surface area (Å²) >= 11 is 10.9. The van der Waals surface area contributed by atoms with E-state index in [2.05, 4.69) is 15.0 Å². The van der Waals surface area contributed by atoms with Crippen molar-refractivity contribution in [3.63, 3.8) is 0 Å². The van der Waals surface area contributed by atoms with Crippen LogP contribution in [0.15, 0.2) is 97.5 Å². The number of carboxylic acid groups (broad SMARTS) is 5. The summed E-state index contributed by atoms with van der Waals surface area (Å²) in [7, 11) is 0. The maximum absolute atomic E-state index is 12.3. The lowest BCUT2D eigenvalue weighted by atomic mass is 10.2. The van der Waals surface area contributed by atoms with Gasteiger partial charge in [0.05, 0.1) is 27.9 Å². The molecule has 13 nitrogen and oxygen atoms in total. The van der Waals surface area contributed by atoms with Crippen LogP contribution in [0.25, 0.3) is 0 Å². The Morgan fingerprint density at radius 2 is 0.922 bits per heavy atom. The lowest BCUT2D eigenvalue weighted by Crippen LogP contribution is -1.98.